The molecule has 1 nitrogen and oxygen atoms in total. The van der Waals surface area contributed by atoms with Crippen molar-refractivity contribution in [1.29, 1.82) is 0 Å². The summed E-state index contributed by atoms with van der Waals surface area (Å²) in [6.07, 6.45) is 24.9. The number of ketones is 1. The van der Waals surface area contributed by atoms with E-state index < -0.39 is 0 Å². The second kappa shape index (κ2) is 19.7. The van der Waals surface area contributed by atoms with Gasteiger partial charge in [-0.05, 0) is 12.8 Å². The SMILES string of the molecule is C=CC(CCCCCCCCCCCCCC)C(=O)CCCCCC. The molecule has 25 heavy (non-hydrogen) atoms. The maximum atomic E-state index is 12.2. The molecule has 1 atom stereocenters. The highest BCUT2D eigenvalue weighted by Crippen LogP contribution is 2.18. The average molecular weight is 351 g/mol. The number of carbonyl (C=O) groups is 1. The minimum absolute atomic E-state index is 0.116. The van der Waals surface area contributed by atoms with Crippen LogP contribution in [0.1, 0.15) is 129 Å². The lowest BCUT2D eigenvalue weighted by molar-refractivity contribution is -0.121. The first-order valence-corrected chi connectivity index (χ1v) is 11.4. The summed E-state index contributed by atoms with van der Waals surface area (Å²) >= 11 is 0. The fraction of sp³-hybridized carbons (Fsp3) is 0.875. The van der Waals surface area contributed by atoms with Crippen molar-refractivity contribution in [2.45, 2.75) is 129 Å². The molecule has 0 spiro atoms. The largest absolute Gasteiger partial charge is 0.299 e. The number of hydrogen-bond acceptors (Lipinski definition) is 1. The maximum absolute atomic E-state index is 12.2. The predicted octanol–water partition coefficient (Wildman–Crippen LogP) is 8.42. The quantitative estimate of drug-likeness (QED) is 0.159. The molecule has 1 heteroatoms. The van der Waals surface area contributed by atoms with Crippen LogP contribution in [0, 0.1) is 5.92 Å². The molecule has 0 aliphatic heterocycles. The van der Waals surface area contributed by atoms with Gasteiger partial charge in [-0.25, -0.2) is 0 Å². The molecule has 0 amide bonds. The molecule has 0 aliphatic rings. The number of hydrogen-bond donors (Lipinski definition) is 0. The van der Waals surface area contributed by atoms with E-state index in [4.69, 9.17) is 0 Å². The van der Waals surface area contributed by atoms with Gasteiger partial charge in [-0.1, -0.05) is 116 Å². The van der Waals surface area contributed by atoms with Crippen LogP contribution in [0.15, 0.2) is 12.7 Å². The van der Waals surface area contributed by atoms with Gasteiger partial charge in [0, 0.05) is 12.3 Å². The second-order valence-corrected chi connectivity index (χ2v) is 7.80. The van der Waals surface area contributed by atoms with Gasteiger partial charge in [-0.3, -0.25) is 4.79 Å². The van der Waals surface area contributed by atoms with Crippen LogP contribution in [0.2, 0.25) is 0 Å². The monoisotopic (exact) mass is 350 g/mol. The highest BCUT2D eigenvalue weighted by atomic mass is 16.1. The van der Waals surface area contributed by atoms with Gasteiger partial charge in [0.1, 0.15) is 5.78 Å². The average Bonchev–Trinajstić information content (AvgIpc) is 2.62. The topological polar surface area (TPSA) is 17.1 Å². The van der Waals surface area contributed by atoms with Crippen molar-refractivity contribution < 1.29 is 4.79 Å². The van der Waals surface area contributed by atoms with Gasteiger partial charge in [-0.15, -0.1) is 6.58 Å². The van der Waals surface area contributed by atoms with E-state index in [0.29, 0.717) is 5.78 Å². The van der Waals surface area contributed by atoms with E-state index in [2.05, 4.69) is 20.4 Å². The van der Waals surface area contributed by atoms with Crippen LogP contribution in [0.4, 0.5) is 0 Å². The third-order valence-electron chi connectivity index (χ3n) is 5.34. The van der Waals surface area contributed by atoms with E-state index in [0.717, 1.165) is 19.3 Å². The molecule has 0 bridgehead atoms. The Hall–Kier alpha value is -0.590. The Labute approximate surface area is 159 Å². The predicted molar refractivity (Wildman–Crippen MR) is 113 cm³/mol. The smallest absolute Gasteiger partial charge is 0.139 e. The van der Waals surface area contributed by atoms with E-state index in [1.54, 1.807) is 0 Å². The first-order valence-electron chi connectivity index (χ1n) is 11.4. The second-order valence-electron chi connectivity index (χ2n) is 7.80. The first kappa shape index (κ1) is 24.4. The molecule has 1 unspecified atom stereocenters. The van der Waals surface area contributed by atoms with Crippen LogP contribution in [0.5, 0.6) is 0 Å². The molecule has 0 N–H and O–H groups in total. The van der Waals surface area contributed by atoms with Crippen LogP contribution in [-0.2, 0) is 4.79 Å². The van der Waals surface area contributed by atoms with Gasteiger partial charge >= 0.3 is 0 Å². The molecule has 148 valence electrons. The fourth-order valence-corrected chi connectivity index (χ4v) is 3.53. The standard InChI is InChI=1S/C24H46O/c1-4-7-9-11-12-13-14-15-16-17-18-19-21-23(6-3)24(25)22-20-10-8-5-2/h6,23H,3-5,7-22H2,1-2H3. The summed E-state index contributed by atoms with van der Waals surface area (Å²) in [4.78, 5) is 12.2. The zero-order valence-corrected chi connectivity index (χ0v) is 17.5. The summed E-state index contributed by atoms with van der Waals surface area (Å²) in [5.74, 6) is 0.541. The number of unbranched alkanes of at least 4 members (excludes halogenated alkanes) is 14. The fourth-order valence-electron chi connectivity index (χ4n) is 3.53. The highest BCUT2D eigenvalue weighted by Gasteiger charge is 2.13. The van der Waals surface area contributed by atoms with E-state index >= 15 is 0 Å². The van der Waals surface area contributed by atoms with Crippen molar-refractivity contribution in [3.8, 4) is 0 Å². The number of rotatable bonds is 20. The van der Waals surface area contributed by atoms with E-state index in [1.165, 1.54) is 96.3 Å². The molecule has 0 saturated heterocycles. The Morgan fingerprint density at radius 2 is 1.08 bits per heavy atom. The van der Waals surface area contributed by atoms with E-state index in [9.17, 15) is 4.79 Å². The van der Waals surface area contributed by atoms with E-state index in [-0.39, 0.29) is 5.92 Å². The van der Waals surface area contributed by atoms with Crippen LogP contribution in [0.3, 0.4) is 0 Å². The molecule has 0 radical (unpaired) electrons. The number of Topliss-reactive ketones (excluding diaryl/α,β-unsaturated/α-hetero) is 1. The summed E-state index contributed by atoms with van der Waals surface area (Å²) in [7, 11) is 0. The van der Waals surface area contributed by atoms with Gasteiger partial charge in [0.25, 0.3) is 0 Å². The zero-order valence-electron chi connectivity index (χ0n) is 17.5. The zero-order chi connectivity index (χ0) is 18.6. The molecule has 0 aromatic rings. The Morgan fingerprint density at radius 1 is 0.680 bits per heavy atom. The Kier molecular flexibility index (Phi) is 19.3. The highest BCUT2D eigenvalue weighted by molar-refractivity contribution is 5.82. The molecular formula is C24H46O. The van der Waals surface area contributed by atoms with Gasteiger partial charge in [0.05, 0.1) is 0 Å². The number of allylic oxidation sites excluding steroid dienone is 1. The van der Waals surface area contributed by atoms with E-state index in [1.807, 2.05) is 6.08 Å². The lowest BCUT2D eigenvalue weighted by Crippen LogP contribution is -2.11. The summed E-state index contributed by atoms with van der Waals surface area (Å²) in [6.45, 7) is 8.37. The van der Waals surface area contributed by atoms with Gasteiger partial charge in [0.2, 0.25) is 0 Å². The minimum Gasteiger partial charge on any atom is -0.299 e. The molecule has 0 aromatic heterocycles. The summed E-state index contributed by atoms with van der Waals surface area (Å²) in [5.41, 5.74) is 0. The molecule has 0 aromatic carbocycles. The molecule has 0 saturated carbocycles. The van der Waals surface area contributed by atoms with Crippen molar-refractivity contribution in [2.75, 3.05) is 0 Å². The molecule has 0 fully saturated rings. The van der Waals surface area contributed by atoms with Gasteiger partial charge < -0.3 is 0 Å². The minimum atomic E-state index is 0.116. The molecular weight excluding hydrogens is 304 g/mol. The molecule has 0 aliphatic carbocycles. The number of carbonyl (C=O) groups excluding carboxylic acids is 1. The van der Waals surface area contributed by atoms with Crippen molar-refractivity contribution in [2.24, 2.45) is 5.92 Å². The third kappa shape index (κ3) is 16.6. The van der Waals surface area contributed by atoms with Crippen LogP contribution >= 0.6 is 0 Å². The van der Waals surface area contributed by atoms with Crippen molar-refractivity contribution in [3.63, 3.8) is 0 Å². The summed E-state index contributed by atoms with van der Waals surface area (Å²) in [5, 5.41) is 0. The summed E-state index contributed by atoms with van der Waals surface area (Å²) in [6, 6.07) is 0. The van der Waals surface area contributed by atoms with Crippen molar-refractivity contribution >= 4 is 5.78 Å². The lowest BCUT2D eigenvalue weighted by atomic mass is 9.93. The molecule has 0 heterocycles. The van der Waals surface area contributed by atoms with Gasteiger partial charge in [0.15, 0.2) is 0 Å². The normalized spacial score (nSPS) is 12.2. The van der Waals surface area contributed by atoms with Crippen molar-refractivity contribution in [3.05, 3.63) is 12.7 Å². The van der Waals surface area contributed by atoms with Crippen molar-refractivity contribution in [1.82, 2.24) is 0 Å². The third-order valence-corrected chi connectivity index (χ3v) is 5.34. The Morgan fingerprint density at radius 3 is 1.52 bits per heavy atom. The van der Waals surface area contributed by atoms with Gasteiger partial charge in [-0.2, -0.15) is 0 Å². The first-order chi connectivity index (χ1) is 12.3. The summed E-state index contributed by atoms with van der Waals surface area (Å²) < 4.78 is 0. The van der Waals surface area contributed by atoms with Crippen LogP contribution < -0.4 is 0 Å². The van der Waals surface area contributed by atoms with Crippen LogP contribution in [-0.4, -0.2) is 5.78 Å². The maximum Gasteiger partial charge on any atom is 0.139 e. The Bertz CT molecular complexity index is 294. The Balaban J connectivity index is 3.43. The molecule has 0 rings (SSSR count). The van der Waals surface area contributed by atoms with Crippen LogP contribution in [0.25, 0.3) is 0 Å². The lowest BCUT2D eigenvalue weighted by Gasteiger charge is -2.11.